The number of imidazole rings is 1. The van der Waals surface area contributed by atoms with Crippen molar-refractivity contribution in [1.82, 2.24) is 34.9 Å². The molecule has 46 heavy (non-hydrogen) atoms. The zero-order chi connectivity index (χ0) is 32.2. The Morgan fingerprint density at radius 1 is 1.02 bits per heavy atom. The molecule has 5 aromatic rings. The Morgan fingerprint density at radius 3 is 2.52 bits per heavy atom. The van der Waals surface area contributed by atoms with Crippen LogP contribution in [0.5, 0.6) is 0 Å². The molecule has 236 valence electrons. The standard InChI is InChI=1S/C34H36ClN9O2/c1-22-20-44(15-14-37-22)32-18-25(10-12-38-32)24-6-9-28(35)26(16-24)17-29(41-34(46)30-11-13-39-43(30)3)33(45)40-27-7-4-23(5-8-27)31-19-36-21-42(31)2/h4-13,16,18-19,21-22,29,37H,14-15,17,20H2,1-3H3,(H,40,45)(H,41,46)/t22-,29?/m0/s1. The Kier molecular flexibility index (Phi) is 9.13. The topological polar surface area (TPSA) is 122 Å². The number of nitrogens with zero attached hydrogens (tertiary/aromatic N) is 6. The van der Waals surface area contributed by atoms with Gasteiger partial charge in [-0.2, -0.15) is 5.10 Å². The molecule has 11 nitrogen and oxygen atoms in total. The van der Waals surface area contributed by atoms with Gasteiger partial charge >= 0.3 is 0 Å². The van der Waals surface area contributed by atoms with E-state index >= 15 is 0 Å². The Bertz CT molecular complexity index is 1850. The van der Waals surface area contributed by atoms with E-state index in [-0.39, 0.29) is 12.3 Å². The van der Waals surface area contributed by atoms with Crippen molar-refractivity contribution in [2.24, 2.45) is 14.1 Å². The molecule has 1 aliphatic rings. The molecule has 2 atom stereocenters. The van der Waals surface area contributed by atoms with Crippen LogP contribution in [-0.2, 0) is 25.3 Å². The number of halogens is 1. The molecule has 1 fully saturated rings. The van der Waals surface area contributed by atoms with Crippen molar-refractivity contribution < 1.29 is 9.59 Å². The van der Waals surface area contributed by atoms with Crippen molar-refractivity contribution in [3.05, 3.63) is 102 Å². The third-order valence-corrected chi connectivity index (χ3v) is 8.55. The summed E-state index contributed by atoms with van der Waals surface area (Å²) in [6.45, 7) is 4.83. The van der Waals surface area contributed by atoms with Crippen molar-refractivity contribution in [2.75, 3.05) is 29.9 Å². The lowest BCUT2D eigenvalue weighted by molar-refractivity contribution is -0.118. The number of hydrogen-bond donors (Lipinski definition) is 3. The maximum atomic E-state index is 13.8. The highest BCUT2D eigenvalue weighted by Crippen LogP contribution is 2.29. The predicted molar refractivity (Wildman–Crippen MR) is 180 cm³/mol. The minimum atomic E-state index is -0.928. The Balaban J connectivity index is 1.25. The summed E-state index contributed by atoms with van der Waals surface area (Å²) in [7, 11) is 3.60. The second-order valence-electron chi connectivity index (χ2n) is 11.5. The molecule has 0 aliphatic carbocycles. The Labute approximate surface area is 272 Å². The summed E-state index contributed by atoms with van der Waals surface area (Å²) < 4.78 is 3.39. The van der Waals surface area contributed by atoms with Crippen LogP contribution >= 0.6 is 11.6 Å². The quantitative estimate of drug-likeness (QED) is 0.220. The van der Waals surface area contributed by atoms with Gasteiger partial charge in [-0.25, -0.2) is 9.97 Å². The van der Waals surface area contributed by atoms with Crippen LogP contribution in [0.3, 0.4) is 0 Å². The van der Waals surface area contributed by atoms with E-state index < -0.39 is 11.9 Å². The first-order valence-electron chi connectivity index (χ1n) is 15.1. The zero-order valence-electron chi connectivity index (χ0n) is 25.9. The second kappa shape index (κ2) is 13.6. The van der Waals surface area contributed by atoms with Gasteiger partial charge < -0.3 is 25.4 Å². The van der Waals surface area contributed by atoms with Gasteiger partial charge in [0.25, 0.3) is 5.91 Å². The smallest absolute Gasteiger partial charge is 0.270 e. The van der Waals surface area contributed by atoms with Crippen LogP contribution in [0.2, 0.25) is 5.02 Å². The first-order valence-corrected chi connectivity index (χ1v) is 15.5. The second-order valence-corrected chi connectivity index (χ2v) is 11.9. The van der Waals surface area contributed by atoms with Gasteiger partial charge in [-0.1, -0.05) is 29.8 Å². The van der Waals surface area contributed by atoms with Gasteiger partial charge in [-0.3, -0.25) is 14.3 Å². The van der Waals surface area contributed by atoms with E-state index in [1.165, 1.54) is 10.9 Å². The fourth-order valence-electron chi connectivity index (χ4n) is 5.67. The van der Waals surface area contributed by atoms with E-state index in [9.17, 15) is 9.59 Å². The maximum absolute atomic E-state index is 13.8. The molecule has 2 aromatic carbocycles. The number of anilines is 2. The molecule has 2 amide bonds. The molecule has 0 radical (unpaired) electrons. The molecule has 3 aromatic heterocycles. The average Bonchev–Trinajstić information content (AvgIpc) is 3.69. The van der Waals surface area contributed by atoms with Gasteiger partial charge in [-0.05, 0) is 71.6 Å². The van der Waals surface area contributed by atoms with Crippen molar-refractivity contribution >= 4 is 34.9 Å². The van der Waals surface area contributed by atoms with E-state index in [1.807, 2.05) is 66.3 Å². The normalized spacial score (nSPS) is 15.4. The summed E-state index contributed by atoms with van der Waals surface area (Å²) in [5.74, 6) is 0.129. The number of aryl methyl sites for hydroxylation is 2. The summed E-state index contributed by atoms with van der Waals surface area (Å²) in [5, 5.41) is 13.9. The largest absolute Gasteiger partial charge is 0.354 e. The Morgan fingerprint density at radius 2 is 1.80 bits per heavy atom. The first kappa shape index (κ1) is 31.0. The zero-order valence-corrected chi connectivity index (χ0v) is 26.7. The molecule has 0 saturated carbocycles. The van der Waals surface area contributed by atoms with Crippen LogP contribution in [0.4, 0.5) is 11.5 Å². The van der Waals surface area contributed by atoms with Crippen LogP contribution < -0.4 is 20.9 Å². The van der Waals surface area contributed by atoms with Crippen LogP contribution in [0.15, 0.2) is 85.6 Å². The molecular formula is C34H36ClN9O2. The predicted octanol–water partition coefficient (Wildman–Crippen LogP) is 4.31. The van der Waals surface area contributed by atoms with Crippen LogP contribution in [0.25, 0.3) is 22.4 Å². The van der Waals surface area contributed by atoms with Gasteiger partial charge in [0.2, 0.25) is 5.91 Å². The fourth-order valence-corrected chi connectivity index (χ4v) is 5.86. The molecule has 0 spiro atoms. The van der Waals surface area contributed by atoms with E-state index in [2.05, 4.69) is 48.9 Å². The number of amides is 2. The van der Waals surface area contributed by atoms with Gasteiger partial charge in [0.1, 0.15) is 17.6 Å². The third-order valence-electron chi connectivity index (χ3n) is 8.18. The van der Waals surface area contributed by atoms with Gasteiger partial charge in [0.05, 0.1) is 18.2 Å². The van der Waals surface area contributed by atoms with Crippen LogP contribution in [0.1, 0.15) is 23.0 Å². The maximum Gasteiger partial charge on any atom is 0.270 e. The minimum Gasteiger partial charge on any atom is -0.354 e. The number of aromatic nitrogens is 5. The molecule has 1 saturated heterocycles. The highest BCUT2D eigenvalue weighted by atomic mass is 35.5. The van der Waals surface area contributed by atoms with Crippen molar-refractivity contribution in [3.63, 3.8) is 0 Å². The van der Waals surface area contributed by atoms with Gasteiger partial charge in [0.15, 0.2) is 0 Å². The number of benzene rings is 2. The lowest BCUT2D eigenvalue weighted by Crippen LogP contribution is -2.49. The van der Waals surface area contributed by atoms with Crippen molar-refractivity contribution in [1.29, 1.82) is 0 Å². The number of carbonyl (C=O) groups is 2. The summed E-state index contributed by atoms with van der Waals surface area (Å²) in [6.07, 6.45) is 7.05. The molecule has 1 unspecified atom stereocenters. The number of rotatable bonds is 9. The molecule has 4 heterocycles. The molecule has 12 heteroatoms. The van der Waals surface area contributed by atoms with Crippen LogP contribution in [0, 0.1) is 0 Å². The summed E-state index contributed by atoms with van der Waals surface area (Å²) in [5.41, 5.74) is 5.51. The van der Waals surface area contributed by atoms with Crippen LogP contribution in [-0.4, -0.2) is 67.8 Å². The van der Waals surface area contributed by atoms with Gasteiger partial charge in [0, 0.05) is 69.3 Å². The van der Waals surface area contributed by atoms with E-state index in [0.717, 1.165) is 53.4 Å². The number of carbonyl (C=O) groups excluding carboxylic acids is 2. The minimum absolute atomic E-state index is 0.169. The van der Waals surface area contributed by atoms with Gasteiger partial charge in [-0.15, -0.1) is 0 Å². The van der Waals surface area contributed by atoms with Crippen molar-refractivity contribution in [3.8, 4) is 22.4 Å². The highest BCUT2D eigenvalue weighted by Gasteiger charge is 2.25. The Hall–Kier alpha value is -5.00. The molecule has 1 aliphatic heterocycles. The fraction of sp³-hybridized carbons (Fsp3) is 0.265. The van der Waals surface area contributed by atoms with E-state index in [1.54, 1.807) is 25.6 Å². The number of hydrogen-bond acceptors (Lipinski definition) is 7. The number of pyridine rings is 1. The lowest BCUT2D eigenvalue weighted by atomic mass is 9.99. The third kappa shape index (κ3) is 6.95. The molecule has 6 rings (SSSR count). The average molecular weight is 638 g/mol. The number of nitrogens with one attached hydrogen (secondary N) is 3. The van der Waals surface area contributed by atoms with E-state index in [0.29, 0.717) is 22.4 Å². The number of piperazine rings is 1. The molecular weight excluding hydrogens is 602 g/mol. The summed E-state index contributed by atoms with van der Waals surface area (Å²) in [6, 6.07) is 18.3. The summed E-state index contributed by atoms with van der Waals surface area (Å²) >= 11 is 6.71. The molecule has 0 bridgehead atoms. The highest BCUT2D eigenvalue weighted by molar-refractivity contribution is 6.31. The monoisotopic (exact) mass is 637 g/mol. The summed E-state index contributed by atoms with van der Waals surface area (Å²) in [4.78, 5) is 38.1. The molecule has 3 N–H and O–H groups in total. The SMILES string of the molecule is C[C@H]1CN(c2cc(-c3ccc(Cl)c(CC(NC(=O)c4ccnn4C)C(=O)Nc4ccc(-c5cncn5C)cc4)c3)ccn2)CCN1. The van der Waals surface area contributed by atoms with Crippen molar-refractivity contribution in [2.45, 2.75) is 25.4 Å². The lowest BCUT2D eigenvalue weighted by Gasteiger charge is -2.32. The van der Waals surface area contributed by atoms with E-state index in [4.69, 9.17) is 11.6 Å². The first-order chi connectivity index (χ1) is 22.2.